The Kier molecular flexibility index (Phi) is 4.70. The molecule has 0 saturated carbocycles. The number of rotatable bonds is 3. The lowest BCUT2D eigenvalue weighted by Crippen LogP contribution is -3.13. The fraction of sp³-hybridized carbons (Fsp3) is 0.364. The molecule has 2 aliphatic heterocycles. The van der Waals surface area contributed by atoms with Crippen LogP contribution in [0.3, 0.4) is 0 Å². The van der Waals surface area contributed by atoms with Crippen LogP contribution in [-0.4, -0.2) is 23.9 Å². The molecule has 2 aromatic rings. The topological polar surface area (TPSA) is 66.7 Å². The van der Waals surface area contributed by atoms with Crippen LogP contribution in [0.1, 0.15) is 41.8 Å². The van der Waals surface area contributed by atoms with Crippen molar-refractivity contribution in [2.75, 3.05) is 13.1 Å². The molecule has 3 heterocycles. The summed E-state index contributed by atoms with van der Waals surface area (Å²) >= 11 is 0. The van der Waals surface area contributed by atoms with Crippen LogP contribution in [0, 0.1) is 11.8 Å². The number of aromatic nitrogens is 1. The highest BCUT2D eigenvalue weighted by Gasteiger charge is 2.32. The Hall–Kier alpha value is -2.66. The molecular formula is C22H24N2O3. The zero-order chi connectivity index (χ0) is 19.0. The summed E-state index contributed by atoms with van der Waals surface area (Å²) in [5.41, 5.74) is 1.95. The molecule has 0 bridgehead atoms. The number of pyridine rings is 1. The molecule has 5 heteroatoms. The molecule has 5 nitrogen and oxygen atoms in total. The number of benzene rings is 1. The van der Waals surface area contributed by atoms with E-state index in [1.165, 1.54) is 17.4 Å². The van der Waals surface area contributed by atoms with Crippen molar-refractivity contribution in [3.8, 4) is 11.5 Å². The molecule has 2 atom stereocenters. The summed E-state index contributed by atoms with van der Waals surface area (Å²) in [6.45, 7) is 7.21. The van der Waals surface area contributed by atoms with E-state index in [1.54, 1.807) is 24.5 Å². The minimum absolute atomic E-state index is 0.0508. The van der Waals surface area contributed by atoms with Gasteiger partial charge in [-0.05, 0) is 36.3 Å². The molecule has 0 aliphatic carbocycles. The van der Waals surface area contributed by atoms with Crippen molar-refractivity contribution in [2.24, 2.45) is 11.8 Å². The van der Waals surface area contributed by atoms with Gasteiger partial charge in [0.1, 0.15) is 12.3 Å². The maximum atomic E-state index is 12.7. The number of Topliss-reactive ketones (excluding diaryl/α,β-unsaturated/α-hetero) is 1. The molecule has 140 valence electrons. The molecule has 2 aliphatic rings. The summed E-state index contributed by atoms with van der Waals surface area (Å²) in [4.78, 5) is 18.1. The number of nitrogens with zero attached hydrogens (tertiary/aromatic N) is 1. The lowest BCUT2D eigenvalue weighted by molar-refractivity contribution is -0.925. The zero-order valence-corrected chi connectivity index (χ0v) is 15.7. The largest absolute Gasteiger partial charge is 0.872 e. The number of carbonyl (C=O) groups excluding carboxylic acids is 1. The molecule has 2 unspecified atom stereocenters. The second kappa shape index (κ2) is 7.16. The van der Waals surface area contributed by atoms with Gasteiger partial charge in [0.2, 0.25) is 5.78 Å². The smallest absolute Gasteiger partial charge is 0.231 e. The van der Waals surface area contributed by atoms with Crippen molar-refractivity contribution in [3.63, 3.8) is 0 Å². The maximum absolute atomic E-state index is 12.7. The number of carbonyl (C=O) groups is 1. The van der Waals surface area contributed by atoms with E-state index in [0.29, 0.717) is 35.3 Å². The SMILES string of the molecule is CC1CC(C)C[NH+](Cc2c([O-])ccc3c2OC(=Cc2ccncc2)C3=O)C1. The molecule has 1 saturated heterocycles. The quantitative estimate of drug-likeness (QED) is 0.844. The average Bonchev–Trinajstić information content (AvgIpc) is 2.94. The van der Waals surface area contributed by atoms with Crippen LogP contribution >= 0.6 is 0 Å². The first-order valence-corrected chi connectivity index (χ1v) is 9.52. The normalized spacial score (nSPS) is 26.1. The standard InChI is InChI=1S/C22H24N2O3/c1-14-9-15(2)12-24(11-14)13-18-19(25)4-3-17-21(26)20(27-22(17)18)10-16-5-7-23-8-6-16/h3-8,10,14-15,25H,9,11-13H2,1-2H3. The molecule has 27 heavy (non-hydrogen) atoms. The molecule has 1 aromatic carbocycles. The van der Waals surface area contributed by atoms with Crippen molar-refractivity contribution in [2.45, 2.75) is 26.8 Å². The second-order valence-corrected chi connectivity index (χ2v) is 7.92. The van der Waals surface area contributed by atoms with Crippen molar-refractivity contribution in [1.29, 1.82) is 0 Å². The minimum Gasteiger partial charge on any atom is -0.872 e. The van der Waals surface area contributed by atoms with Gasteiger partial charge in [0.15, 0.2) is 5.76 Å². The Labute approximate surface area is 159 Å². The van der Waals surface area contributed by atoms with Gasteiger partial charge in [0, 0.05) is 29.8 Å². The van der Waals surface area contributed by atoms with Gasteiger partial charge >= 0.3 is 0 Å². The third-order valence-corrected chi connectivity index (χ3v) is 5.41. The summed E-state index contributed by atoms with van der Waals surface area (Å²) in [6, 6.07) is 6.72. The summed E-state index contributed by atoms with van der Waals surface area (Å²) in [5.74, 6) is 1.77. The van der Waals surface area contributed by atoms with Crippen molar-refractivity contribution >= 4 is 11.9 Å². The third kappa shape index (κ3) is 3.60. The summed E-state index contributed by atoms with van der Waals surface area (Å²) in [7, 11) is 0. The van der Waals surface area contributed by atoms with E-state index < -0.39 is 0 Å². The van der Waals surface area contributed by atoms with E-state index in [4.69, 9.17) is 4.74 Å². The van der Waals surface area contributed by atoms with E-state index in [2.05, 4.69) is 18.8 Å². The highest BCUT2D eigenvalue weighted by Crippen LogP contribution is 2.38. The summed E-state index contributed by atoms with van der Waals surface area (Å²) in [6.07, 6.45) is 6.27. The zero-order valence-electron chi connectivity index (χ0n) is 15.7. The number of ether oxygens (including phenoxy) is 1. The van der Waals surface area contributed by atoms with Crippen molar-refractivity contribution in [3.05, 3.63) is 59.1 Å². The Bertz CT molecular complexity index is 882. The predicted molar refractivity (Wildman–Crippen MR) is 100 cm³/mol. The number of likely N-dealkylation sites (tertiary alicyclic amines) is 1. The Morgan fingerprint density at radius 2 is 1.89 bits per heavy atom. The number of ketones is 1. The van der Waals surface area contributed by atoms with E-state index in [1.807, 2.05) is 12.1 Å². The first kappa shape index (κ1) is 17.7. The number of allylic oxidation sites excluding steroid dienone is 1. The van der Waals surface area contributed by atoms with E-state index in [0.717, 1.165) is 18.7 Å². The van der Waals surface area contributed by atoms with Crippen LogP contribution in [0.2, 0.25) is 0 Å². The lowest BCUT2D eigenvalue weighted by atomic mass is 9.91. The van der Waals surface area contributed by atoms with Crippen molar-refractivity contribution in [1.82, 2.24) is 4.98 Å². The Balaban J connectivity index is 1.64. The van der Waals surface area contributed by atoms with Gasteiger partial charge in [-0.25, -0.2) is 0 Å². The first-order valence-electron chi connectivity index (χ1n) is 9.52. The molecule has 0 amide bonds. The molecule has 1 aromatic heterocycles. The first-order chi connectivity index (χ1) is 13.0. The van der Waals surface area contributed by atoms with Crippen molar-refractivity contribution < 1.29 is 19.5 Å². The van der Waals surface area contributed by atoms with E-state index >= 15 is 0 Å². The van der Waals surface area contributed by atoms with Crippen LogP contribution in [0.5, 0.6) is 11.5 Å². The minimum atomic E-state index is -0.168. The van der Waals surface area contributed by atoms with Gasteiger partial charge in [-0.2, -0.15) is 0 Å². The summed E-state index contributed by atoms with van der Waals surface area (Å²) in [5, 5.41) is 12.6. The average molecular weight is 364 g/mol. The van der Waals surface area contributed by atoms with Gasteiger partial charge in [-0.1, -0.05) is 25.7 Å². The number of hydrogen-bond donors (Lipinski definition) is 1. The highest BCUT2D eigenvalue weighted by atomic mass is 16.5. The number of hydrogen-bond acceptors (Lipinski definition) is 4. The van der Waals surface area contributed by atoms with Crippen LogP contribution in [-0.2, 0) is 6.54 Å². The fourth-order valence-corrected chi connectivity index (χ4v) is 4.38. The molecule has 4 rings (SSSR count). The number of nitrogens with one attached hydrogen (secondary N) is 1. The van der Waals surface area contributed by atoms with Gasteiger partial charge in [-0.15, -0.1) is 0 Å². The van der Waals surface area contributed by atoms with Gasteiger partial charge in [0.25, 0.3) is 0 Å². The Morgan fingerprint density at radius 1 is 1.19 bits per heavy atom. The number of fused-ring (bicyclic) bond motifs is 1. The van der Waals surface area contributed by atoms with Crippen LogP contribution in [0.25, 0.3) is 6.08 Å². The van der Waals surface area contributed by atoms with E-state index in [9.17, 15) is 9.90 Å². The van der Waals surface area contributed by atoms with Gasteiger partial charge < -0.3 is 14.7 Å². The lowest BCUT2D eigenvalue weighted by Gasteiger charge is -2.33. The molecular weight excluding hydrogens is 340 g/mol. The molecule has 1 fully saturated rings. The number of piperidine rings is 1. The van der Waals surface area contributed by atoms with Crippen LogP contribution in [0.15, 0.2) is 42.4 Å². The predicted octanol–water partition coefficient (Wildman–Crippen LogP) is 1.83. The molecule has 1 N–H and O–H groups in total. The highest BCUT2D eigenvalue weighted by molar-refractivity contribution is 6.14. The fourth-order valence-electron chi connectivity index (χ4n) is 4.38. The monoisotopic (exact) mass is 364 g/mol. The molecule has 0 radical (unpaired) electrons. The van der Waals surface area contributed by atoms with Gasteiger partial charge in [-0.3, -0.25) is 9.78 Å². The third-order valence-electron chi connectivity index (χ3n) is 5.41. The summed E-state index contributed by atoms with van der Waals surface area (Å²) < 4.78 is 5.91. The Morgan fingerprint density at radius 3 is 2.59 bits per heavy atom. The second-order valence-electron chi connectivity index (χ2n) is 7.92. The maximum Gasteiger partial charge on any atom is 0.231 e. The van der Waals surface area contributed by atoms with E-state index in [-0.39, 0.29) is 17.3 Å². The van der Waals surface area contributed by atoms with Gasteiger partial charge in [0.05, 0.1) is 18.7 Å². The molecule has 0 spiro atoms. The number of quaternary nitrogens is 1. The van der Waals surface area contributed by atoms with Crippen LogP contribution in [0.4, 0.5) is 0 Å². The van der Waals surface area contributed by atoms with Crippen LogP contribution < -0.4 is 14.7 Å².